The highest BCUT2D eigenvalue weighted by Crippen LogP contribution is 2.28. The Morgan fingerprint density at radius 2 is 1.87 bits per heavy atom. The predicted molar refractivity (Wildman–Crippen MR) is 124 cm³/mol. The van der Waals surface area contributed by atoms with E-state index < -0.39 is 0 Å². The second kappa shape index (κ2) is 11.2. The Morgan fingerprint density at radius 1 is 1.03 bits per heavy atom. The molecule has 0 heterocycles. The van der Waals surface area contributed by atoms with Crippen molar-refractivity contribution in [3.63, 3.8) is 0 Å². The molecule has 0 aliphatic carbocycles. The molecule has 3 aromatic carbocycles. The summed E-state index contributed by atoms with van der Waals surface area (Å²) in [6.07, 6.45) is 1.53. The molecule has 31 heavy (non-hydrogen) atoms. The van der Waals surface area contributed by atoms with Gasteiger partial charge in [-0.3, -0.25) is 4.79 Å². The number of carbonyl (C=O) groups is 1. The average Bonchev–Trinajstić information content (AvgIpc) is 2.77. The minimum Gasteiger partial charge on any atom is -0.493 e. The Balaban J connectivity index is 1.53. The number of amides is 1. The molecule has 160 valence electrons. The lowest BCUT2D eigenvalue weighted by Crippen LogP contribution is -2.24. The van der Waals surface area contributed by atoms with Crippen molar-refractivity contribution in [1.29, 1.82) is 0 Å². The van der Waals surface area contributed by atoms with Gasteiger partial charge in [0.25, 0.3) is 5.91 Å². The fourth-order valence-electron chi connectivity index (χ4n) is 2.73. The van der Waals surface area contributed by atoms with Gasteiger partial charge < -0.3 is 14.2 Å². The fourth-order valence-corrected chi connectivity index (χ4v) is 3.11. The van der Waals surface area contributed by atoms with Crippen LogP contribution in [-0.2, 0) is 11.4 Å². The third-order valence-electron chi connectivity index (χ3n) is 4.40. The molecule has 0 atom stereocenters. The Bertz CT molecular complexity index is 1070. The van der Waals surface area contributed by atoms with Gasteiger partial charge in [0.2, 0.25) is 0 Å². The smallest absolute Gasteiger partial charge is 0.277 e. The van der Waals surface area contributed by atoms with Crippen LogP contribution in [0.3, 0.4) is 0 Å². The van der Waals surface area contributed by atoms with E-state index >= 15 is 0 Å². The highest BCUT2D eigenvalue weighted by Gasteiger charge is 2.07. The number of halogens is 1. The molecule has 1 N–H and O–H groups in total. The third-order valence-corrected chi connectivity index (χ3v) is 4.89. The molecule has 1 amide bonds. The molecule has 0 unspecified atom stereocenters. The zero-order valence-corrected chi connectivity index (χ0v) is 18.9. The lowest BCUT2D eigenvalue weighted by Gasteiger charge is -2.12. The third kappa shape index (κ3) is 6.86. The van der Waals surface area contributed by atoms with Crippen LogP contribution in [0.2, 0.25) is 0 Å². The Morgan fingerprint density at radius 3 is 2.65 bits per heavy atom. The number of ether oxygens (including phenoxy) is 3. The largest absolute Gasteiger partial charge is 0.493 e. The van der Waals surface area contributed by atoms with E-state index in [1.807, 2.05) is 55.5 Å². The van der Waals surface area contributed by atoms with E-state index in [0.29, 0.717) is 23.9 Å². The molecule has 0 aliphatic rings. The first-order chi connectivity index (χ1) is 15.0. The van der Waals surface area contributed by atoms with Crippen LogP contribution in [-0.4, -0.2) is 25.8 Å². The Kier molecular flexibility index (Phi) is 8.06. The zero-order valence-electron chi connectivity index (χ0n) is 17.3. The van der Waals surface area contributed by atoms with Gasteiger partial charge >= 0.3 is 0 Å². The van der Waals surface area contributed by atoms with Gasteiger partial charge in [0.05, 0.1) is 13.3 Å². The summed E-state index contributed by atoms with van der Waals surface area (Å²) in [7, 11) is 1.58. The lowest BCUT2D eigenvalue weighted by atomic mass is 10.1. The number of nitrogens with one attached hydrogen (secondary N) is 1. The van der Waals surface area contributed by atoms with Crippen LogP contribution < -0.4 is 19.6 Å². The molecule has 0 fully saturated rings. The van der Waals surface area contributed by atoms with Gasteiger partial charge in [-0.2, -0.15) is 5.10 Å². The normalized spacial score (nSPS) is 10.7. The summed E-state index contributed by atoms with van der Waals surface area (Å²) >= 11 is 3.36. The summed E-state index contributed by atoms with van der Waals surface area (Å²) in [5.74, 6) is 1.46. The van der Waals surface area contributed by atoms with Crippen molar-refractivity contribution in [3.8, 4) is 17.2 Å². The van der Waals surface area contributed by atoms with E-state index in [4.69, 9.17) is 14.2 Å². The molecule has 6 nitrogen and oxygen atoms in total. The summed E-state index contributed by atoms with van der Waals surface area (Å²) in [5.41, 5.74) is 5.49. The van der Waals surface area contributed by atoms with Gasteiger partial charge in [0.15, 0.2) is 18.1 Å². The second-order valence-electron chi connectivity index (χ2n) is 6.66. The number of hydrazone groups is 1. The minimum atomic E-state index is -0.360. The van der Waals surface area contributed by atoms with Gasteiger partial charge in [0, 0.05) is 4.47 Å². The van der Waals surface area contributed by atoms with E-state index in [9.17, 15) is 4.79 Å². The van der Waals surface area contributed by atoms with Crippen LogP contribution in [0.15, 0.2) is 76.3 Å². The van der Waals surface area contributed by atoms with Gasteiger partial charge in [-0.1, -0.05) is 46.3 Å². The molecule has 0 radical (unpaired) electrons. The Labute approximate surface area is 190 Å². The van der Waals surface area contributed by atoms with Gasteiger partial charge in [-0.25, -0.2) is 5.43 Å². The zero-order chi connectivity index (χ0) is 22.1. The number of aryl methyl sites for hydroxylation is 1. The van der Waals surface area contributed by atoms with Crippen LogP contribution in [0.5, 0.6) is 17.2 Å². The molecule has 0 saturated carbocycles. The first kappa shape index (κ1) is 22.4. The first-order valence-corrected chi connectivity index (χ1v) is 10.4. The molecule has 3 aromatic rings. The van der Waals surface area contributed by atoms with Crippen molar-refractivity contribution in [2.24, 2.45) is 5.10 Å². The molecule has 0 saturated heterocycles. The van der Waals surface area contributed by atoms with Crippen molar-refractivity contribution in [2.45, 2.75) is 13.5 Å². The molecule has 3 rings (SSSR count). The standard InChI is InChI=1S/C24H23BrN2O4/c1-17-6-3-4-7-19(17)15-31-22-11-10-18(12-23(22)29-2)14-26-27-24(28)16-30-21-9-5-8-20(25)13-21/h3-14H,15-16H2,1-2H3,(H,27,28)/b26-14+. The van der Waals surface area contributed by atoms with Crippen molar-refractivity contribution in [3.05, 3.63) is 87.9 Å². The number of methoxy groups -OCH3 is 1. The van der Waals surface area contributed by atoms with Crippen molar-refractivity contribution in [2.75, 3.05) is 13.7 Å². The molecule has 7 heteroatoms. The van der Waals surface area contributed by atoms with Crippen LogP contribution in [0.25, 0.3) is 0 Å². The summed E-state index contributed by atoms with van der Waals surface area (Å²) in [6, 6.07) is 20.8. The first-order valence-electron chi connectivity index (χ1n) is 9.61. The fraction of sp³-hybridized carbons (Fsp3) is 0.167. The number of hydrogen-bond donors (Lipinski definition) is 1. The van der Waals surface area contributed by atoms with Crippen LogP contribution in [0, 0.1) is 6.92 Å². The maximum Gasteiger partial charge on any atom is 0.277 e. The highest BCUT2D eigenvalue weighted by molar-refractivity contribution is 9.10. The van der Waals surface area contributed by atoms with E-state index in [2.05, 4.69) is 26.5 Å². The second-order valence-corrected chi connectivity index (χ2v) is 7.58. The number of carbonyl (C=O) groups excluding carboxylic acids is 1. The topological polar surface area (TPSA) is 69.2 Å². The SMILES string of the molecule is COc1cc(/C=N/NC(=O)COc2cccc(Br)c2)ccc1OCc1ccccc1C. The summed E-state index contributed by atoms with van der Waals surface area (Å²) in [6.45, 7) is 2.36. The van der Waals surface area contributed by atoms with E-state index in [1.165, 1.54) is 11.8 Å². The van der Waals surface area contributed by atoms with E-state index in [1.54, 1.807) is 25.3 Å². The number of nitrogens with zero attached hydrogens (tertiary/aromatic N) is 1. The molecule has 0 aromatic heterocycles. The van der Waals surface area contributed by atoms with E-state index in [0.717, 1.165) is 15.6 Å². The summed E-state index contributed by atoms with van der Waals surface area (Å²) in [5, 5.41) is 3.97. The molecule has 0 bridgehead atoms. The average molecular weight is 483 g/mol. The highest BCUT2D eigenvalue weighted by atomic mass is 79.9. The number of rotatable bonds is 9. The quantitative estimate of drug-likeness (QED) is 0.348. The maximum absolute atomic E-state index is 11.9. The summed E-state index contributed by atoms with van der Waals surface area (Å²) in [4.78, 5) is 11.9. The van der Waals surface area contributed by atoms with E-state index in [-0.39, 0.29) is 12.5 Å². The maximum atomic E-state index is 11.9. The van der Waals surface area contributed by atoms with Crippen LogP contribution in [0.1, 0.15) is 16.7 Å². The summed E-state index contributed by atoms with van der Waals surface area (Å²) < 4.78 is 17.6. The number of hydrogen-bond acceptors (Lipinski definition) is 5. The van der Waals surface area contributed by atoms with Gasteiger partial charge in [-0.05, 0) is 60.0 Å². The minimum absolute atomic E-state index is 0.136. The van der Waals surface area contributed by atoms with Gasteiger partial charge in [0.1, 0.15) is 12.4 Å². The molecule has 0 aliphatic heterocycles. The lowest BCUT2D eigenvalue weighted by molar-refractivity contribution is -0.123. The monoisotopic (exact) mass is 482 g/mol. The van der Waals surface area contributed by atoms with Crippen LogP contribution >= 0.6 is 15.9 Å². The van der Waals surface area contributed by atoms with Crippen molar-refractivity contribution >= 4 is 28.1 Å². The Hall–Kier alpha value is -3.32. The van der Waals surface area contributed by atoms with Crippen LogP contribution in [0.4, 0.5) is 0 Å². The van der Waals surface area contributed by atoms with Gasteiger partial charge in [-0.15, -0.1) is 0 Å². The van der Waals surface area contributed by atoms with Crippen molar-refractivity contribution < 1.29 is 19.0 Å². The number of benzene rings is 3. The molecular weight excluding hydrogens is 460 g/mol. The molecule has 0 spiro atoms. The molecular formula is C24H23BrN2O4. The predicted octanol–water partition coefficient (Wildman–Crippen LogP) is 4.87. The van der Waals surface area contributed by atoms with Crippen molar-refractivity contribution in [1.82, 2.24) is 5.43 Å².